The Kier molecular flexibility index (Phi) is 9.68. The Morgan fingerprint density at radius 3 is 2.21 bits per heavy atom. The molecule has 0 spiro atoms. The van der Waals surface area contributed by atoms with E-state index in [1.807, 2.05) is 0 Å². The monoisotopic (exact) mass is 479 g/mol. The maximum absolute atomic E-state index is 13.6. The van der Waals surface area contributed by atoms with E-state index < -0.39 is 5.54 Å². The fourth-order valence-corrected chi connectivity index (χ4v) is 5.15. The smallest absolute Gasteiger partial charge is 0.403 e. The van der Waals surface area contributed by atoms with Crippen LogP contribution in [0.5, 0.6) is 0 Å². The molecule has 34 heavy (non-hydrogen) atoms. The minimum Gasteiger partial charge on any atom is -0.403 e. The Labute approximate surface area is 208 Å². The zero-order valence-electron chi connectivity index (χ0n) is 23.2. The summed E-state index contributed by atoms with van der Waals surface area (Å²) in [6.07, 6.45) is 6.19. The molecule has 1 aliphatic carbocycles. The predicted molar refractivity (Wildman–Crippen MR) is 139 cm³/mol. The zero-order chi connectivity index (χ0) is 25.8. The summed E-state index contributed by atoms with van der Waals surface area (Å²) in [5, 5.41) is 9.85. The summed E-state index contributed by atoms with van der Waals surface area (Å²) in [5.41, 5.74) is -1.65. The first-order valence-electron chi connectivity index (χ1n) is 13.3. The van der Waals surface area contributed by atoms with Crippen LogP contribution in [0.3, 0.4) is 0 Å². The molecule has 2 rings (SSSR count). The second-order valence-electron chi connectivity index (χ2n) is 12.5. The number of hydrogen-bond donors (Lipinski definition) is 3. The average molecular weight is 480 g/mol. The highest BCUT2D eigenvalue weighted by Crippen LogP contribution is 2.42. The van der Waals surface area contributed by atoms with Crippen molar-refractivity contribution >= 4 is 18.9 Å². The number of unbranched alkanes of at least 4 members (excludes halogenated alkanes) is 1. The highest BCUT2D eigenvalue weighted by Gasteiger charge is 2.53. The van der Waals surface area contributed by atoms with Crippen molar-refractivity contribution in [3.8, 4) is 0 Å². The van der Waals surface area contributed by atoms with Gasteiger partial charge < -0.3 is 25.3 Å². The normalized spacial score (nSPS) is 28.6. The van der Waals surface area contributed by atoms with Crippen molar-refractivity contribution in [3.63, 3.8) is 0 Å². The molecule has 1 saturated heterocycles. The standard InChI is InChI=1S/C26H50BN3O4/c1-10-11-16-28-22(32)26(30-19(2)31)17-20(12-13-21(26)18-29-23(3,4)5)14-15-27-33-24(6,7)25(8,9)34-27/h20-21,29H,10-18H2,1-9H3,(H,28,32)(H,30,31)/t20-,21-,26+/m0/s1. The Balaban J connectivity index is 2.18. The van der Waals surface area contributed by atoms with E-state index in [-0.39, 0.29) is 41.6 Å². The summed E-state index contributed by atoms with van der Waals surface area (Å²) in [4.78, 5) is 26.0. The molecular formula is C26H50BN3O4. The minimum atomic E-state index is -0.906. The van der Waals surface area contributed by atoms with Gasteiger partial charge in [-0.15, -0.1) is 0 Å². The fraction of sp³-hybridized carbons (Fsp3) is 0.923. The van der Waals surface area contributed by atoms with Crippen molar-refractivity contribution in [1.29, 1.82) is 0 Å². The lowest BCUT2D eigenvalue weighted by Crippen LogP contribution is -2.67. The van der Waals surface area contributed by atoms with Gasteiger partial charge in [-0.05, 0) is 86.4 Å². The Bertz CT molecular complexity index is 691. The molecule has 3 atom stereocenters. The van der Waals surface area contributed by atoms with Crippen molar-refractivity contribution in [1.82, 2.24) is 16.0 Å². The van der Waals surface area contributed by atoms with Gasteiger partial charge >= 0.3 is 7.12 Å². The lowest BCUT2D eigenvalue weighted by atomic mass is 9.65. The largest absolute Gasteiger partial charge is 0.457 e. The minimum absolute atomic E-state index is 0.0327. The Morgan fingerprint density at radius 1 is 1.06 bits per heavy atom. The molecule has 1 saturated carbocycles. The van der Waals surface area contributed by atoms with Gasteiger partial charge in [0.25, 0.3) is 0 Å². The number of rotatable bonds is 10. The predicted octanol–water partition coefficient (Wildman–Crippen LogP) is 4.06. The summed E-state index contributed by atoms with van der Waals surface area (Å²) < 4.78 is 12.4. The first kappa shape index (κ1) is 29.1. The van der Waals surface area contributed by atoms with Crippen LogP contribution in [0.1, 0.15) is 101 Å². The summed E-state index contributed by atoms with van der Waals surface area (Å²) >= 11 is 0. The molecule has 0 aromatic heterocycles. The molecule has 3 N–H and O–H groups in total. The number of nitrogens with one attached hydrogen (secondary N) is 3. The molecule has 1 aliphatic heterocycles. The molecule has 196 valence electrons. The van der Waals surface area contributed by atoms with Crippen molar-refractivity contribution < 1.29 is 18.9 Å². The summed E-state index contributed by atoms with van der Waals surface area (Å²) in [6.45, 7) is 19.6. The molecule has 1 heterocycles. The molecule has 8 heteroatoms. The molecule has 2 amide bonds. The second-order valence-corrected chi connectivity index (χ2v) is 12.5. The van der Waals surface area contributed by atoms with Crippen LogP contribution < -0.4 is 16.0 Å². The van der Waals surface area contributed by atoms with Crippen molar-refractivity contribution in [3.05, 3.63) is 0 Å². The maximum Gasteiger partial charge on any atom is 0.457 e. The fourth-order valence-electron chi connectivity index (χ4n) is 5.15. The number of hydrogen-bond acceptors (Lipinski definition) is 5. The van der Waals surface area contributed by atoms with Crippen molar-refractivity contribution in [2.75, 3.05) is 13.1 Å². The maximum atomic E-state index is 13.6. The number of carbonyl (C=O) groups is 2. The van der Waals surface area contributed by atoms with E-state index in [2.05, 4.69) is 71.3 Å². The molecular weight excluding hydrogens is 429 g/mol. The van der Waals surface area contributed by atoms with E-state index in [9.17, 15) is 9.59 Å². The Morgan fingerprint density at radius 2 is 1.68 bits per heavy atom. The van der Waals surface area contributed by atoms with Gasteiger partial charge in [-0.25, -0.2) is 0 Å². The van der Waals surface area contributed by atoms with E-state index in [0.29, 0.717) is 25.4 Å². The Hall–Kier alpha value is -1.12. The van der Waals surface area contributed by atoms with Gasteiger partial charge in [-0.3, -0.25) is 9.59 Å². The third-order valence-electron chi connectivity index (χ3n) is 7.84. The van der Waals surface area contributed by atoms with Crippen LogP contribution in [0.25, 0.3) is 0 Å². The molecule has 0 radical (unpaired) electrons. The number of amides is 2. The van der Waals surface area contributed by atoms with Gasteiger partial charge in [-0.1, -0.05) is 19.8 Å². The van der Waals surface area contributed by atoms with Gasteiger partial charge in [0.15, 0.2) is 0 Å². The molecule has 0 aromatic carbocycles. The van der Waals surface area contributed by atoms with E-state index >= 15 is 0 Å². The molecule has 7 nitrogen and oxygen atoms in total. The van der Waals surface area contributed by atoms with Gasteiger partial charge in [-0.2, -0.15) is 0 Å². The summed E-state index contributed by atoms with van der Waals surface area (Å²) in [6, 6.07) is 0. The molecule has 2 aliphatic rings. The highest BCUT2D eigenvalue weighted by atomic mass is 16.7. The first-order valence-corrected chi connectivity index (χ1v) is 13.3. The lowest BCUT2D eigenvalue weighted by Gasteiger charge is -2.47. The summed E-state index contributed by atoms with van der Waals surface area (Å²) in [5.74, 6) is 0.147. The van der Waals surface area contributed by atoms with Crippen LogP contribution in [0, 0.1) is 11.8 Å². The third kappa shape index (κ3) is 7.44. The summed E-state index contributed by atoms with van der Waals surface area (Å²) in [7, 11) is -0.237. The molecule has 0 aromatic rings. The zero-order valence-corrected chi connectivity index (χ0v) is 23.2. The van der Waals surface area contributed by atoms with Crippen LogP contribution in [0.15, 0.2) is 0 Å². The van der Waals surface area contributed by atoms with Gasteiger partial charge in [0.05, 0.1) is 11.2 Å². The average Bonchev–Trinajstić information content (AvgIpc) is 2.91. The number of carbonyl (C=O) groups excluding carboxylic acids is 2. The second kappa shape index (κ2) is 11.3. The van der Waals surface area contributed by atoms with Crippen molar-refractivity contribution in [2.24, 2.45) is 11.8 Å². The lowest BCUT2D eigenvalue weighted by molar-refractivity contribution is -0.138. The van der Waals surface area contributed by atoms with E-state index in [1.165, 1.54) is 6.92 Å². The van der Waals surface area contributed by atoms with Crippen LogP contribution in [0.2, 0.25) is 6.32 Å². The van der Waals surface area contributed by atoms with Crippen molar-refractivity contribution in [2.45, 2.75) is 129 Å². The topological polar surface area (TPSA) is 88.7 Å². The molecule has 2 fully saturated rings. The van der Waals surface area contributed by atoms with Gasteiger partial charge in [0, 0.05) is 31.5 Å². The quantitative estimate of drug-likeness (QED) is 0.325. The van der Waals surface area contributed by atoms with Crippen LogP contribution in [0.4, 0.5) is 0 Å². The van der Waals surface area contributed by atoms with E-state index in [1.54, 1.807) is 0 Å². The van der Waals surface area contributed by atoms with E-state index in [4.69, 9.17) is 9.31 Å². The van der Waals surface area contributed by atoms with Crippen LogP contribution in [-0.4, -0.2) is 54.3 Å². The van der Waals surface area contributed by atoms with Crippen LogP contribution >= 0.6 is 0 Å². The molecule has 0 bridgehead atoms. The van der Waals surface area contributed by atoms with Gasteiger partial charge in [0.2, 0.25) is 11.8 Å². The van der Waals surface area contributed by atoms with E-state index in [0.717, 1.165) is 38.4 Å². The first-order chi connectivity index (χ1) is 15.6. The SMILES string of the molecule is CCCCNC(=O)[C@@]1(NC(C)=O)C[C@H](CCB2OC(C)(C)C(C)(C)O2)CC[C@H]1CNC(C)(C)C. The third-order valence-corrected chi connectivity index (χ3v) is 7.84. The van der Waals surface area contributed by atoms with Crippen LogP contribution in [-0.2, 0) is 18.9 Å². The van der Waals surface area contributed by atoms with Gasteiger partial charge in [0.1, 0.15) is 5.54 Å². The molecule has 0 unspecified atom stereocenters. The highest BCUT2D eigenvalue weighted by molar-refractivity contribution is 6.45.